The van der Waals surface area contributed by atoms with Crippen molar-refractivity contribution in [1.29, 1.82) is 5.26 Å². The number of benzene rings is 1. The highest BCUT2D eigenvalue weighted by Gasteiger charge is 2.12. The zero-order valence-electron chi connectivity index (χ0n) is 8.36. The summed E-state index contributed by atoms with van der Waals surface area (Å²) in [6.45, 7) is 0. The Balaban J connectivity index is 3.00. The number of rotatable bonds is 4. The summed E-state index contributed by atoms with van der Waals surface area (Å²) in [4.78, 5) is 0. The molecule has 0 atom stereocenters. The Bertz CT molecular complexity index is 326. The molecule has 0 saturated heterocycles. The normalized spacial score (nSPS) is 10.1. The molecule has 3 heteroatoms. The van der Waals surface area contributed by atoms with Crippen LogP contribution in [-0.2, 0) is 15.9 Å². The molecule has 14 heavy (non-hydrogen) atoms. The van der Waals surface area contributed by atoms with E-state index in [4.69, 9.17) is 14.7 Å². The molecular weight excluding hydrogens is 178 g/mol. The van der Waals surface area contributed by atoms with Gasteiger partial charge in [-0.05, 0) is 5.56 Å². The first-order valence-electron chi connectivity index (χ1n) is 4.33. The van der Waals surface area contributed by atoms with Crippen molar-refractivity contribution in [2.75, 3.05) is 14.2 Å². The van der Waals surface area contributed by atoms with Crippen molar-refractivity contribution in [3.8, 4) is 6.07 Å². The fraction of sp³-hybridized carbons (Fsp3) is 0.364. The van der Waals surface area contributed by atoms with E-state index in [1.807, 2.05) is 24.3 Å². The van der Waals surface area contributed by atoms with Crippen molar-refractivity contribution in [3.63, 3.8) is 0 Å². The van der Waals surface area contributed by atoms with Gasteiger partial charge in [0.05, 0.1) is 12.5 Å². The molecule has 0 N–H and O–H groups in total. The zero-order chi connectivity index (χ0) is 10.4. The molecule has 1 aromatic carbocycles. The van der Waals surface area contributed by atoms with Gasteiger partial charge in [0.15, 0.2) is 6.29 Å². The van der Waals surface area contributed by atoms with Gasteiger partial charge >= 0.3 is 0 Å². The van der Waals surface area contributed by atoms with Crippen molar-refractivity contribution in [2.24, 2.45) is 0 Å². The van der Waals surface area contributed by atoms with Crippen LogP contribution in [0, 0.1) is 11.3 Å². The second-order valence-electron chi connectivity index (χ2n) is 2.84. The second-order valence-corrected chi connectivity index (χ2v) is 2.84. The fourth-order valence-electron chi connectivity index (χ4n) is 1.36. The molecule has 0 bridgehead atoms. The Hall–Kier alpha value is -1.37. The van der Waals surface area contributed by atoms with Gasteiger partial charge in [0.1, 0.15) is 0 Å². The van der Waals surface area contributed by atoms with Crippen LogP contribution < -0.4 is 0 Å². The molecular formula is C11H13NO2. The third-order valence-electron chi connectivity index (χ3n) is 2.01. The van der Waals surface area contributed by atoms with E-state index in [-0.39, 0.29) is 6.29 Å². The Labute approximate surface area is 83.9 Å². The molecule has 0 heterocycles. The summed E-state index contributed by atoms with van der Waals surface area (Å²) in [6, 6.07) is 9.74. The van der Waals surface area contributed by atoms with Gasteiger partial charge in [0, 0.05) is 19.8 Å². The molecule has 0 aliphatic rings. The summed E-state index contributed by atoms with van der Waals surface area (Å²) in [5, 5.41) is 8.64. The van der Waals surface area contributed by atoms with Crippen LogP contribution in [0.25, 0.3) is 0 Å². The maximum Gasteiger partial charge on any atom is 0.183 e. The van der Waals surface area contributed by atoms with Crippen LogP contribution in [0.3, 0.4) is 0 Å². The maximum absolute atomic E-state index is 8.64. The lowest BCUT2D eigenvalue weighted by Crippen LogP contribution is -2.06. The fourth-order valence-corrected chi connectivity index (χ4v) is 1.36. The lowest BCUT2D eigenvalue weighted by atomic mass is 10.0. The average Bonchev–Trinajstić information content (AvgIpc) is 2.23. The van der Waals surface area contributed by atoms with E-state index in [1.54, 1.807) is 14.2 Å². The van der Waals surface area contributed by atoms with E-state index in [9.17, 15) is 0 Å². The van der Waals surface area contributed by atoms with Crippen LogP contribution in [0.1, 0.15) is 17.4 Å². The molecule has 0 saturated carbocycles. The Kier molecular flexibility index (Phi) is 4.11. The highest BCUT2D eigenvalue weighted by atomic mass is 16.7. The number of methoxy groups -OCH3 is 2. The van der Waals surface area contributed by atoms with E-state index in [2.05, 4.69) is 6.07 Å². The van der Waals surface area contributed by atoms with Gasteiger partial charge in [-0.3, -0.25) is 0 Å². The molecule has 0 aromatic heterocycles. The molecule has 0 spiro atoms. The van der Waals surface area contributed by atoms with E-state index in [0.29, 0.717) is 6.42 Å². The second kappa shape index (κ2) is 5.38. The maximum atomic E-state index is 8.64. The van der Waals surface area contributed by atoms with Crippen molar-refractivity contribution in [3.05, 3.63) is 35.4 Å². The van der Waals surface area contributed by atoms with Crippen molar-refractivity contribution in [1.82, 2.24) is 0 Å². The number of hydrogen-bond donors (Lipinski definition) is 0. The standard InChI is InChI=1S/C11H13NO2/c1-13-11(14-2)10-6-4-3-5-9(10)7-8-12/h3-6,11H,7H2,1-2H3. The third-order valence-corrected chi connectivity index (χ3v) is 2.01. The molecule has 0 unspecified atom stereocenters. The van der Waals surface area contributed by atoms with Crippen LogP contribution in [0.5, 0.6) is 0 Å². The quantitative estimate of drug-likeness (QED) is 0.684. The van der Waals surface area contributed by atoms with Crippen LogP contribution in [0.15, 0.2) is 24.3 Å². The molecule has 0 amide bonds. The van der Waals surface area contributed by atoms with Crippen LogP contribution in [0.2, 0.25) is 0 Å². The minimum absolute atomic E-state index is 0.374. The molecule has 1 aromatic rings. The van der Waals surface area contributed by atoms with Gasteiger partial charge in [0.25, 0.3) is 0 Å². The number of ether oxygens (including phenoxy) is 2. The summed E-state index contributed by atoms with van der Waals surface area (Å²) in [5.41, 5.74) is 1.86. The predicted molar refractivity (Wildman–Crippen MR) is 52.5 cm³/mol. The van der Waals surface area contributed by atoms with Crippen molar-refractivity contribution >= 4 is 0 Å². The first-order valence-corrected chi connectivity index (χ1v) is 4.33. The Morgan fingerprint density at radius 1 is 1.29 bits per heavy atom. The minimum atomic E-state index is -0.389. The van der Waals surface area contributed by atoms with Gasteiger partial charge < -0.3 is 9.47 Å². The molecule has 0 aliphatic carbocycles. The average molecular weight is 191 g/mol. The summed E-state index contributed by atoms with van der Waals surface area (Å²) in [5.74, 6) is 0. The monoisotopic (exact) mass is 191 g/mol. The van der Waals surface area contributed by atoms with Gasteiger partial charge in [-0.15, -0.1) is 0 Å². The molecule has 74 valence electrons. The van der Waals surface area contributed by atoms with Crippen molar-refractivity contribution in [2.45, 2.75) is 12.7 Å². The van der Waals surface area contributed by atoms with E-state index in [1.165, 1.54) is 0 Å². The van der Waals surface area contributed by atoms with E-state index >= 15 is 0 Å². The summed E-state index contributed by atoms with van der Waals surface area (Å²) >= 11 is 0. The van der Waals surface area contributed by atoms with E-state index < -0.39 is 0 Å². The van der Waals surface area contributed by atoms with Crippen LogP contribution in [-0.4, -0.2) is 14.2 Å². The first kappa shape index (κ1) is 10.7. The zero-order valence-corrected chi connectivity index (χ0v) is 8.36. The summed E-state index contributed by atoms with van der Waals surface area (Å²) in [6.07, 6.45) is -0.0149. The third kappa shape index (κ3) is 2.32. The van der Waals surface area contributed by atoms with E-state index in [0.717, 1.165) is 11.1 Å². The molecule has 0 radical (unpaired) electrons. The van der Waals surface area contributed by atoms with Gasteiger partial charge in [0.2, 0.25) is 0 Å². The number of nitriles is 1. The summed E-state index contributed by atoms with van der Waals surface area (Å²) in [7, 11) is 3.16. The lowest BCUT2D eigenvalue weighted by Gasteiger charge is -2.16. The topological polar surface area (TPSA) is 42.2 Å². The predicted octanol–water partition coefficient (Wildman–Crippen LogP) is 2.04. The van der Waals surface area contributed by atoms with Crippen molar-refractivity contribution < 1.29 is 9.47 Å². The minimum Gasteiger partial charge on any atom is -0.352 e. The number of hydrogen-bond acceptors (Lipinski definition) is 3. The molecule has 3 nitrogen and oxygen atoms in total. The van der Waals surface area contributed by atoms with Gasteiger partial charge in [-0.25, -0.2) is 0 Å². The lowest BCUT2D eigenvalue weighted by molar-refractivity contribution is -0.106. The van der Waals surface area contributed by atoms with Crippen LogP contribution in [0.4, 0.5) is 0 Å². The SMILES string of the molecule is COC(OC)c1ccccc1CC#N. The molecule has 0 aliphatic heterocycles. The first-order chi connectivity index (χ1) is 6.83. The summed E-state index contributed by atoms with van der Waals surface area (Å²) < 4.78 is 10.3. The number of nitrogens with zero attached hydrogens (tertiary/aromatic N) is 1. The highest BCUT2D eigenvalue weighted by Crippen LogP contribution is 2.21. The van der Waals surface area contributed by atoms with Gasteiger partial charge in [-0.1, -0.05) is 24.3 Å². The Morgan fingerprint density at radius 3 is 2.50 bits per heavy atom. The Morgan fingerprint density at radius 2 is 1.93 bits per heavy atom. The molecule has 0 fully saturated rings. The highest BCUT2D eigenvalue weighted by molar-refractivity contribution is 5.30. The largest absolute Gasteiger partial charge is 0.352 e. The van der Waals surface area contributed by atoms with Crippen LogP contribution >= 0.6 is 0 Å². The smallest absolute Gasteiger partial charge is 0.183 e. The molecule has 1 rings (SSSR count). The van der Waals surface area contributed by atoms with Gasteiger partial charge in [-0.2, -0.15) is 5.26 Å².